The van der Waals surface area contributed by atoms with Crippen LogP contribution >= 0.6 is 0 Å². The molecule has 0 aromatic carbocycles. The SMILES string of the molecule is CCCNC(=O)CN1CCC(NC(=O)NC2CCOC(C)C2)CC1. The van der Waals surface area contributed by atoms with Crippen molar-refractivity contribution < 1.29 is 14.3 Å². The van der Waals surface area contributed by atoms with Crippen molar-refractivity contribution in [2.45, 2.75) is 64.1 Å². The van der Waals surface area contributed by atoms with Gasteiger partial charge in [-0.2, -0.15) is 0 Å². The second-order valence-electron chi connectivity index (χ2n) is 6.92. The number of likely N-dealkylation sites (tertiary alicyclic amines) is 1. The number of hydrogen-bond donors (Lipinski definition) is 3. The summed E-state index contributed by atoms with van der Waals surface area (Å²) in [6.07, 6.45) is 4.70. The van der Waals surface area contributed by atoms with Crippen molar-refractivity contribution >= 4 is 11.9 Å². The van der Waals surface area contributed by atoms with Crippen molar-refractivity contribution in [1.29, 1.82) is 0 Å². The van der Waals surface area contributed by atoms with E-state index < -0.39 is 0 Å². The maximum absolute atomic E-state index is 12.1. The molecule has 2 aliphatic rings. The number of rotatable bonds is 6. The summed E-state index contributed by atoms with van der Waals surface area (Å²) in [6.45, 7) is 7.69. The number of urea groups is 1. The Morgan fingerprint density at radius 3 is 2.50 bits per heavy atom. The van der Waals surface area contributed by atoms with Crippen LogP contribution in [0.2, 0.25) is 0 Å². The smallest absolute Gasteiger partial charge is 0.315 e. The Hall–Kier alpha value is -1.34. The zero-order valence-electron chi connectivity index (χ0n) is 15.0. The van der Waals surface area contributed by atoms with Gasteiger partial charge in [-0.1, -0.05) is 6.92 Å². The average Bonchev–Trinajstić information content (AvgIpc) is 2.54. The molecule has 2 fully saturated rings. The molecule has 0 aliphatic carbocycles. The van der Waals surface area contributed by atoms with Crippen LogP contribution in [0.15, 0.2) is 0 Å². The molecule has 2 rings (SSSR count). The number of amides is 3. The molecule has 0 bridgehead atoms. The number of ether oxygens (including phenoxy) is 1. The summed E-state index contributed by atoms with van der Waals surface area (Å²) in [5.41, 5.74) is 0. The highest BCUT2D eigenvalue weighted by Gasteiger charge is 2.24. The van der Waals surface area contributed by atoms with Gasteiger partial charge in [-0.15, -0.1) is 0 Å². The molecule has 0 aromatic rings. The number of nitrogens with zero attached hydrogens (tertiary/aromatic N) is 1. The van der Waals surface area contributed by atoms with Crippen molar-refractivity contribution in [3.63, 3.8) is 0 Å². The third-order valence-electron chi connectivity index (χ3n) is 4.68. The van der Waals surface area contributed by atoms with Gasteiger partial charge in [-0.25, -0.2) is 4.79 Å². The normalized spacial score (nSPS) is 25.9. The Kier molecular flexibility index (Phi) is 7.78. The van der Waals surface area contributed by atoms with Gasteiger partial charge >= 0.3 is 6.03 Å². The first kappa shape index (κ1) is 19.0. The van der Waals surface area contributed by atoms with Gasteiger partial charge in [0.15, 0.2) is 0 Å². The minimum Gasteiger partial charge on any atom is -0.378 e. The lowest BCUT2D eigenvalue weighted by Crippen LogP contribution is -2.52. The molecule has 0 saturated carbocycles. The quantitative estimate of drug-likeness (QED) is 0.669. The summed E-state index contributed by atoms with van der Waals surface area (Å²) in [4.78, 5) is 26.0. The number of carbonyl (C=O) groups is 2. The molecule has 3 N–H and O–H groups in total. The summed E-state index contributed by atoms with van der Waals surface area (Å²) in [7, 11) is 0. The molecule has 24 heavy (non-hydrogen) atoms. The summed E-state index contributed by atoms with van der Waals surface area (Å²) in [6, 6.07) is 0.321. The number of nitrogens with one attached hydrogen (secondary N) is 3. The van der Waals surface area contributed by atoms with E-state index in [0.29, 0.717) is 13.2 Å². The Labute approximate surface area is 144 Å². The van der Waals surface area contributed by atoms with Crippen LogP contribution in [0, 0.1) is 0 Å². The number of carbonyl (C=O) groups excluding carboxylic acids is 2. The molecule has 2 heterocycles. The second kappa shape index (κ2) is 9.84. The molecule has 0 aromatic heterocycles. The van der Waals surface area contributed by atoms with Crippen LogP contribution < -0.4 is 16.0 Å². The molecule has 138 valence electrons. The van der Waals surface area contributed by atoms with E-state index in [9.17, 15) is 9.59 Å². The molecule has 2 unspecified atom stereocenters. The van der Waals surface area contributed by atoms with E-state index in [4.69, 9.17) is 4.74 Å². The third kappa shape index (κ3) is 6.65. The zero-order valence-corrected chi connectivity index (χ0v) is 15.0. The van der Waals surface area contributed by atoms with Gasteiger partial charge in [-0.3, -0.25) is 9.69 Å². The van der Waals surface area contributed by atoms with Crippen LogP contribution in [0.25, 0.3) is 0 Å². The largest absolute Gasteiger partial charge is 0.378 e. The number of piperidine rings is 1. The fourth-order valence-corrected chi connectivity index (χ4v) is 3.30. The molecule has 0 spiro atoms. The summed E-state index contributed by atoms with van der Waals surface area (Å²) in [5.74, 6) is 0.0923. The zero-order chi connectivity index (χ0) is 17.4. The second-order valence-corrected chi connectivity index (χ2v) is 6.92. The van der Waals surface area contributed by atoms with Gasteiger partial charge < -0.3 is 20.7 Å². The Morgan fingerprint density at radius 1 is 1.12 bits per heavy atom. The van der Waals surface area contributed by atoms with Gasteiger partial charge in [0.25, 0.3) is 0 Å². The predicted octanol–water partition coefficient (Wildman–Crippen LogP) is 0.844. The highest BCUT2D eigenvalue weighted by Crippen LogP contribution is 2.13. The maximum Gasteiger partial charge on any atom is 0.315 e. The van der Waals surface area contributed by atoms with Gasteiger partial charge in [0.2, 0.25) is 5.91 Å². The van der Waals surface area contributed by atoms with E-state index in [-0.39, 0.29) is 30.1 Å². The third-order valence-corrected chi connectivity index (χ3v) is 4.68. The first-order valence-corrected chi connectivity index (χ1v) is 9.24. The summed E-state index contributed by atoms with van der Waals surface area (Å²) < 4.78 is 5.50. The highest BCUT2D eigenvalue weighted by molar-refractivity contribution is 5.78. The van der Waals surface area contributed by atoms with Gasteiger partial charge in [-0.05, 0) is 39.0 Å². The molecular weight excluding hydrogens is 308 g/mol. The van der Waals surface area contributed by atoms with Gasteiger partial charge in [0.1, 0.15) is 0 Å². The average molecular weight is 340 g/mol. The summed E-state index contributed by atoms with van der Waals surface area (Å²) in [5, 5.41) is 9.03. The molecule has 2 aliphatic heterocycles. The fourth-order valence-electron chi connectivity index (χ4n) is 3.30. The topological polar surface area (TPSA) is 82.7 Å². The van der Waals surface area contributed by atoms with E-state index in [1.165, 1.54) is 0 Å². The van der Waals surface area contributed by atoms with Gasteiger partial charge in [0.05, 0.1) is 12.6 Å². The number of hydrogen-bond acceptors (Lipinski definition) is 4. The first-order chi connectivity index (χ1) is 11.6. The Bertz CT molecular complexity index is 411. The van der Waals surface area contributed by atoms with E-state index in [1.54, 1.807) is 0 Å². The molecule has 7 nitrogen and oxygen atoms in total. The van der Waals surface area contributed by atoms with Crippen LogP contribution in [-0.2, 0) is 9.53 Å². The van der Waals surface area contributed by atoms with Crippen LogP contribution in [0.3, 0.4) is 0 Å². The minimum atomic E-state index is -0.0757. The van der Waals surface area contributed by atoms with Crippen molar-refractivity contribution in [3.05, 3.63) is 0 Å². The molecule has 3 amide bonds. The summed E-state index contributed by atoms with van der Waals surface area (Å²) >= 11 is 0. The van der Waals surface area contributed by atoms with E-state index in [2.05, 4.69) is 20.9 Å². The monoisotopic (exact) mass is 340 g/mol. The molecule has 2 atom stereocenters. The predicted molar refractivity (Wildman–Crippen MR) is 92.9 cm³/mol. The minimum absolute atomic E-state index is 0.0757. The highest BCUT2D eigenvalue weighted by atomic mass is 16.5. The lowest BCUT2D eigenvalue weighted by Gasteiger charge is -2.33. The lowest BCUT2D eigenvalue weighted by atomic mass is 10.0. The molecule has 7 heteroatoms. The van der Waals surface area contributed by atoms with E-state index >= 15 is 0 Å². The first-order valence-electron chi connectivity index (χ1n) is 9.24. The molecular formula is C17H32N4O3. The fraction of sp³-hybridized carbons (Fsp3) is 0.882. The molecule has 0 radical (unpaired) electrons. The van der Waals surface area contributed by atoms with E-state index in [0.717, 1.165) is 51.7 Å². The molecule has 2 saturated heterocycles. The lowest BCUT2D eigenvalue weighted by molar-refractivity contribution is -0.122. The van der Waals surface area contributed by atoms with Crippen molar-refractivity contribution in [3.8, 4) is 0 Å². The maximum atomic E-state index is 12.1. The van der Waals surface area contributed by atoms with Gasteiger partial charge in [0, 0.05) is 38.3 Å². The van der Waals surface area contributed by atoms with Crippen LogP contribution in [-0.4, -0.2) is 67.8 Å². The van der Waals surface area contributed by atoms with Crippen molar-refractivity contribution in [1.82, 2.24) is 20.9 Å². The van der Waals surface area contributed by atoms with E-state index in [1.807, 2.05) is 13.8 Å². The Morgan fingerprint density at radius 2 is 1.83 bits per heavy atom. The van der Waals surface area contributed by atoms with Crippen molar-refractivity contribution in [2.75, 3.05) is 32.8 Å². The van der Waals surface area contributed by atoms with Crippen LogP contribution in [0.1, 0.15) is 46.0 Å². The Balaban J connectivity index is 1.61. The van der Waals surface area contributed by atoms with Crippen LogP contribution in [0.5, 0.6) is 0 Å². The van der Waals surface area contributed by atoms with Crippen molar-refractivity contribution in [2.24, 2.45) is 0 Å². The standard InChI is InChI=1S/C17H32N4O3/c1-3-7-18-16(22)12-21-8-4-14(5-9-21)19-17(23)20-15-6-10-24-13(2)11-15/h13-15H,3-12H2,1-2H3,(H,18,22)(H2,19,20,23). The van der Waals surface area contributed by atoms with Crippen LogP contribution in [0.4, 0.5) is 4.79 Å².